The topological polar surface area (TPSA) is 104 Å². The van der Waals surface area contributed by atoms with Gasteiger partial charge in [-0.3, -0.25) is 24.4 Å². The number of halogens is 1. The van der Waals surface area contributed by atoms with Crippen LogP contribution in [-0.4, -0.2) is 31.6 Å². The van der Waals surface area contributed by atoms with Crippen molar-refractivity contribution in [1.82, 2.24) is 19.7 Å². The smallest absolute Gasteiger partial charge is 0.278 e. The summed E-state index contributed by atoms with van der Waals surface area (Å²) in [6, 6.07) is 14.4. The zero-order chi connectivity index (χ0) is 21.0. The van der Waals surface area contributed by atoms with Crippen molar-refractivity contribution < 1.29 is 9.59 Å². The molecule has 30 heavy (non-hydrogen) atoms. The fraction of sp³-hybridized carbons (Fsp3) is 0.143. The van der Waals surface area contributed by atoms with E-state index in [9.17, 15) is 14.4 Å². The standard InChI is InChI=1S/C21H16BrN5O3/c1-11-18(14-10-17(28)26(19(14)29)13-8-6-12(22)7-9-13)20(30)27(25-11)21-23-15-4-2-3-5-16(15)24-21/h2-9,14,25H,10H2,1H3,(H,23,24). The second kappa shape index (κ2) is 6.81. The normalized spacial score (nSPS) is 16.7. The molecule has 0 saturated carbocycles. The predicted octanol–water partition coefficient (Wildman–Crippen LogP) is 3.16. The second-order valence-electron chi connectivity index (χ2n) is 7.17. The van der Waals surface area contributed by atoms with Crippen LogP contribution in [-0.2, 0) is 9.59 Å². The van der Waals surface area contributed by atoms with Crippen LogP contribution in [0.2, 0.25) is 0 Å². The van der Waals surface area contributed by atoms with E-state index >= 15 is 0 Å². The summed E-state index contributed by atoms with van der Waals surface area (Å²) >= 11 is 3.34. The minimum absolute atomic E-state index is 0.0526. The number of para-hydroxylation sites is 2. The molecule has 1 fully saturated rings. The Labute approximate surface area is 178 Å². The molecule has 1 aliphatic rings. The molecule has 5 rings (SSSR count). The van der Waals surface area contributed by atoms with Crippen molar-refractivity contribution in [3.8, 4) is 5.95 Å². The van der Waals surface area contributed by atoms with Crippen LogP contribution >= 0.6 is 15.9 Å². The van der Waals surface area contributed by atoms with E-state index in [4.69, 9.17) is 0 Å². The fourth-order valence-corrected chi connectivity index (χ4v) is 4.15. The van der Waals surface area contributed by atoms with E-state index in [2.05, 4.69) is 31.0 Å². The summed E-state index contributed by atoms with van der Waals surface area (Å²) in [5, 5.41) is 2.99. The van der Waals surface area contributed by atoms with Crippen LogP contribution < -0.4 is 10.5 Å². The summed E-state index contributed by atoms with van der Waals surface area (Å²) in [6.45, 7) is 1.72. The molecule has 2 N–H and O–H groups in total. The Morgan fingerprint density at radius 3 is 2.53 bits per heavy atom. The molecule has 0 spiro atoms. The molecule has 8 nitrogen and oxygen atoms in total. The minimum Gasteiger partial charge on any atom is -0.322 e. The van der Waals surface area contributed by atoms with Crippen molar-refractivity contribution in [2.45, 2.75) is 19.3 Å². The predicted molar refractivity (Wildman–Crippen MR) is 115 cm³/mol. The SMILES string of the molecule is Cc1[nH]n(-c2nc3ccccc3[nH]2)c(=O)c1C1CC(=O)N(c2ccc(Br)cc2)C1=O. The van der Waals surface area contributed by atoms with E-state index in [1.165, 1.54) is 4.68 Å². The van der Waals surface area contributed by atoms with Gasteiger partial charge in [-0.25, -0.2) is 4.98 Å². The number of nitrogens with zero attached hydrogens (tertiary/aromatic N) is 3. The van der Waals surface area contributed by atoms with Gasteiger partial charge in [0.25, 0.3) is 5.56 Å². The van der Waals surface area contributed by atoms with Gasteiger partial charge in [0.05, 0.1) is 28.2 Å². The highest BCUT2D eigenvalue weighted by atomic mass is 79.9. The van der Waals surface area contributed by atoms with Crippen LogP contribution in [0.25, 0.3) is 17.0 Å². The first-order chi connectivity index (χ1) is 14.4. The third-order valence-electron chi connectivity index (χ3n) is 5.29. The molecule has 2 aromatic heterocycles. The number of aromatic amines is 2. The summed E-state index contributed by atoms with van der Waals surface area (Å²) in [5.74, 6) is -1.24. The number of imide groups is 1. The Kier molecular flexibility index (Phi) is 4.21. The molecule has 9 heteroatoms. The summed E-state index contributed by atoms with van der Waals surface area (Å²) in [7, 11) is 0. The molecule has 1 atom stereocenters. The van der Waals surface area contributed by atoms with Gasteiger partial charge in [0, 0.05) is 16.6 Å². The number of nitrogens with one attached hydrogen (secondary N) is 2. The van der Waals surface area contributed by atoms with Gasteiger partial charge in [0.2, 0.25) is 17.8 Å². The van der Waals surface area contributed by atoms with Crippen molar-refractivity contribution in [2.75, 3.05) is 4.90 Å². The number of imidazole rings is 1. The number of rotatable bonds is 3. The lowest BCUT2D eigenvalue weighted by molar-refractivity contribution is -0.121. The molecule has 3 heterocycles. The second-order valence-corrected chi connectivity index (χ2v) is 8.08. The summed E-state index contributed by atoms with van der Waals surface area (Å²) in [6.07, 6.45) is -0.0526. The van der Waals surface area contributed by atoms with E-state index in [-0.39, 0.29) is 17.9 Å². The molecule has 0 aliphatic carbocycles. The zero-order valence-electron chi connectivity index (χ0n) is 15.8. The van der Waals surface area contributed by atoms with Gasteiger partial charge >= 0.3 is 0 Å². The first-order valence-corrected chi connectivity index (χ1v) is 10.1. The Balaban J connectivity index is 1.55. The van der Waals surface area contributed by atoms with E-state index in [1.54, 1.807) is 31.2 Å². The maximum absolute atomic E-state index is 13.2. The largest absolute Gasteiger partial charge is 0.322 e. The third kappa shape index (κ3) is 2.81. The first-order valence-electron chi connectivity index (χ1n) is 9.33. The quantitative estimate of drug-likeness (QED) is 0.453. The van der Waals surface area contributed by atoms with Gasteiger partial charge in [-0.05, 0) is 43.3 Å². The molecule has 1 unspecified atom stereocenters. The average molecular weight is 466 g/mol. The number of hydrogen-bond donors (Lipinski definition) is 2. The monoisotopic (exact) mass is 465 g/mol. The van der Waals surface area contributed by atoms with Crippen LogP contribution in [0.5, 0.6) is 0 Å². The Hall–Kier alpha value is -3.46. The number of aromatic nitrogens is 4. The molecular formula is C21H16BrN5O3. The van der Waals surface area contributed by atoms with Gasteiger partial charge in [-0.1, -0.05) is 28.1 Å². The number of benzene rings is 2. The lowest BCUT2D eigenvalue weighted by Gasteiger charge is -2.14. The van der Waals surface area contributed by atoms with Crippen LogP contribution in [0.1, 0.15) is 23.6 Å². The Morgan fingerprint density at radius 2 is 1.80 bits per heavy atom. The minimum atomic E-state index is -0.837. The van der Waals surface area contributed by atoms with Crippen molar-refractivity contribution in [3.05, 3.63) is 74.6 Å². The number of fused-ring (bicyclic) bond motifs is 1. The third-order valence-corrected chi connectivity index (χ3v) is 5.81. The highest BCUT2D eigenvalue weighted by molar-refractivity contribution is 9.10. The Morgan fingerprint density at radius 1 is 1.07 bits per heavy atom. The molecule has 1 saturated heterocycles. The van der Waals surface area contributed by atoms with Crippen LogP contribution in [0.4, 0.5) is 5.69 Å². The van der Waals surface area contributed by atoms with Crippen molar-refractivity contribution in [2.24, 2.45) is 0 Å². The number of anilines is 1. The molecule has 4 aromatic rings. The van der Waals surface area contributed by atoms with Crippen LogP contribution in [0.15, 0.2) is 57.8 Å². The molecule has 150 valence electrons. The summed E-state index contributed by atoms with van der Waals surface area (Å²) < 4.78 is 2.13. The van der Waals surface area contributed by atoms with Gasteiger partial charge in [0.15, 0.2) is 0 Å². The highest BCUT2D eigenvalue weighted by Crippen LogP contribution is 2.33. The number of carbonyl (C=O) groups excluding carboxylic acids is 2. The molecule has 2 aromatic carbocycles. The lowest BCUT2D eigenvalue weighted by Crippen LogP contribution is -2.31. The summed E-state index contributed by atoms with van der Waals surface area (Å²) in [5.41, 5.74) is 2.43. The zero-order valence-corrected chi connectivity index (χ0v) is 17.4. The fourth-order valence-electron chi connectivity index (χ4n) is 3.88. The van der Waals surface area contributed by atoms with Crippen molar-refractivity contribution in [3.63, 3.8) is 0 Å². The summed E-state index contributed by atoms with van der Waals surface area (Å²) in [4.78, 5) is 47.6. The highest BCUT2D eigenvalue weighted by Gasteiger charge is 2.43. The van der Waals surface area contributed by atoms with Gasteiger partial charge in [-0.15, -0.1) is 0 Å². The number of H-pyrrole nitrogens is 2. The lowest BCUT2D eigenvalue weighted by atomic mass is 9.98. The molecule has 2 amide bonds. The van der Waals surface area contributed by atoms with Gasteiger partial charge < -0.3 is 4.98 Å². The van der Waals surface area contributed by atoms with Crippen LogP contribution in [0.3, 0.4) is 0 Å². The van der Waals surface area contributed by atoms with Gasteiger partial charge in [-0.2, -0.15) is 4.68 Å². The van der Waals surface area contributed by atoms with E-state index in [0.717, 1.165) is 20.4 Å². The number of aryl methyl sites for hydroxylation is 1. The molecular weight excluding hydrogens is 450 g/mol. The van der Waals surface area contributed by atoms with Crippen molar-refractivity contribution in [1.29, 1.82) is 0 Å². The number of hydrogen-bond acceptors (Lipinski definition) is 4. The van der Waals surface area contributed by atoms with E-state index < -0.39 is 17.4 Å². The van der Waals surface area contributed by atoms with E-state index in [1.807, 2.05) is 24.3 Å². The van der Waals surface area contributed by atoms with E-state index in [0.29, 0.717) is 17.3 Å². The molecule has 0 radical (unpaired) electrons. The average Bonchev–Trinajstić information content (AvgIpc) is 3.36. The van der Waals surface area contributed by atoms with Gasteiger partial charge in [0.1, 0.15) is 0 Å². The number of amides is 2. The van der Waals surface area contributed by atoms with Crippen LogP contribution in [0, 0.1) is 6.92 Å². The van der Waals surface area contributed by atoms with Crippen molar-refractivity contribution >= 4 is 44.5 Å². The molecule has 0 bridgehead atoms. The maximum atomic E-state index is 13.2. The number of carbonyl (C=O) groups is 2. The maximum Gasteiger partial charge on any atom is 0.278 e. The first kappa shape index (κ1) is 18.6. The Bertz CT molecular complexity index is 1330. The molecule has 1 aliphatic heterocycles.